The third-order valence-corrected chi connectivity index (χ3v) is 3.03. The van der Waals surface area contributed by atoms with E-state index in [1.807, 2.05) is 0 Å². The van der Waals surface area contributed by atoms with E-state index in [0.29, 0.717) is 5.56 Å². The Balaban J connectivity index is 2.73. The molecule has 0 radical (unpaired) electrons. The molecule has 0 aliphatic rings. The van der Waals surface area contributed by atoms with Crippen molar-refractivity contribution in [2.24, 2.45) is 0 Å². The van der Waals surface area contributed by atoms with E-state index in [2.05, 4.69) is 32.6 Å². The Hall–Kier alpha value is -1.64. The molecule has 7 heteroatoms. The van der Waals surface area contributed by atoms with Crippen LogP contribution in [-0.2, 0) is 14.3 Å². The van der Waals surface area contributed by atoms with Crippen molar-refractivity contribution in [2.45, 2.75) is 12.5 Å². The molecule has 1 atom stereocenters. The van der Waals surface area contributed by atoms with Crippen LogP contribution in [0.5, 0.6) is 0 Å². The number of nitrogens with one attached hydrogen (secondary N) is 1. The van der Waals surface area contributed by atoms with E-state index >= 15 is 0 Å². The van der Waals surface area contributed by atoms with Gasteiger partial charge in [-0.15, -0.1) is 0 Å². The number of carboxylic acid groups (broad SMARTS) is 1. The molecule has 0 aromatic heterocycles. The zero-order valence-electron chi connectivity index (χ0n) is 10.1. The molecule has 0 unspecified atom stereocenters. The summed E-state index contributed by atoms with van der Waals surface area (Å²) < 4.78 is 5.34. The van der Waals surface area contributed by atoms with Crippen LogP contribution in [0.3, 0.4) is 0 Å². The fourth-order valence-corrected chi connectivity index (χ4v) is 1.65. The van der Waals surface area contributed by atoms with E-state index in [9.17, 15) is 14.4 Å². The number of rotatable bonds is 5. The standard InChI is InChI=1S/C12H12INO5/c1-19-10(15)6-9(12(17)18)14-11(16)7-2-4-8(13)5-3-7/h2-5,9H,6H2,1H3,(H,14,16)(H,17,18)/t9-/m0/s1. The summed E-state index contributed by atoms with van der Waals surface area (Å²) in [5.41, 5.74) is 0.330. The lowest BCUT2D eigenvalue weighted by Gasteiger charge is -2.13. The largest absolute Gasteiger partial charge is 0.480 e. The van der Waals surface area contributed by atoms with Gasteiger partial charge in [0, 0.05) is 9.13 Å². The summed E-state index contributed by atoms with van der Waals surface area (Å²) in [6.07, 6.45) is -0.415. The number of hydrogen-bond donors (Lipinski definition) is 2. The molecule has 2 N–H and O–H groups in total. The molecule has 1 rings (SSSR count). The molecule has 0 bridgehead atoms. The average molecular weight is 377 g/mol. The highest BCUT2D eigenvalue weighted by Crippen LogP contribution is 2.07. The minimum atomic E-state index is -1.31. The molecule has 1 amide bonds. The number of halogens is 1. The van der Waals surface area contributed by atoms with Crippen molar-refractivity contribution >= 4 is 40.4 Å². The molecule has 0 aliphatic heterocycles. The molecular formula is C12H12INO5. The van der Waals surface area contributed by atoms with Crippen LogP contribution in [0.15, 0.2) is 24.3 Å². The predicted octanol–water partition coefficient (Wildman–Crippen LogP) is 1.04. The van der Waals surface area contributed by atoms with Crippen LogP contribution < -0.4 is 5.32 Å². The molecule has 0 fully saturated rings. The second kappa shape index (κ2) is 7.07. The summed E-state index contributed by atoms with van der Waals surface area (Å²) in [4.78, 5) is 33.8. The van der Waals surface area contributed by atoms with Crippen LogP contribution in [0.1, 0.15) is 16.8 Å². The quantitative estimate of drug-likeness (QED) is 0.591. The van der Waals surface area contributed by atoms with Gasteiger partial charge in [0.15, 0.2) is 0 Å². The zero-order chi connectivity index (χ0) is 14.4. The van der Waals surface area contributed by atoms with Gasteiger partial charge in [0.1, 0.15) is 6.04 Å². The monoisotopic (exact) mass is 377 g/mol. The summed E-state index contributed by atoms with van der Waals surface area (Å²) in [6, 6.07) is 5.30. The minimum Gasteiger partial charge on any atom is -0.480 e. The first-order chi connectivity index (χ1) is 8.93. The van der Waals surface area contributed by atoms with Crippen molar-refractivity contribution < 1.29 is 24.2 Å². The maximum absolute atomic E-state index is 11.8. The van der Waals surface area contributed by atoms with E-state index in [-0.39, 0.29) is 0 Å². The third-order valence-electron chi connectivity index (χ3n) is 2.31. The Morgan fingerprint density at radius 3 is 2.37 bits per heavy atom. The van der Waals surface area contributed by atoms with Crippen molar-refractivity contribution in [1.82, 2.24) is 5.32 Å². The number of benzene rings is 1. The number of amides is 1. The maximum Gasteiger partial charge on any atom is 0.326 e. The Morgan fingerprint density at radius 2 is 1.89 bits per heavy atom. The molecule has 0 spiro atoms. The summed E-state index contributed by atoms with van der Waals surface area (Å²) in [5, 5.41) is 11.2. The lowest BCUT2D eigenvalue weighted by molar-refractivity contribution is -0.147. The highest BCUT2D eigenvalue weighted by Gasteiger charge is 2.24. The first-order valence-electron chi connectivity index (χ1n) is 5.30. The predicted molar refractivity (Wildman–Crippen MR) is 74.7 cm³/mol. The number of carboxylic acids is 1. The maximum atomic E-state index is 11.8. The van der Waals surface area contributed by atoms with Gasteiger partial charge in [0.25, 0.3) is 5.91 Å². The van der Waals surface area contributed by atoms with Gasteiger partial charge in [0.05, 0.1) is 13.5 Å². The smallest absolute Gasteiger partial charge is 0.326 e. The number of aliphatic carboxylic acids is 1. The van der Waals surface area contributed by atoms with E-state index in [4.69, 9.17) is 5.11 Å². The number of methoxy groups -OCH3 is 1. The lowest BCUT2D eigenvalue weighted by Crippen LogP contribution is -2.42. The van der Waals surface area contributed by atoms with E-state index in [1.165, 1.54) is 0 Å². The van der Waals surface area contributed by atoms with Crippen molar-refractivity contribution in [3.8, 4) is 0 Å². The molecule has 0 aliphatic carbocycles. The van der Waals surface area contributed by atoms with Crippen molar-refractivity contribution in [3.05, 3.63) is 33.4 Å². The summed E-state index contributed by atoms with van der Waals surface area (Å²) >= 11 is 2.09. The first-order valence-corrected chi connectivity index (χ1v) is 6.38. The average Bonchev–Trinajstić information content (AvgIpc) is 2.38. The Labute approximate surface area is 123 Å². The van der Waals surface area contributed by atoms with Crippen LogP contribution in [-0.4, -0.2) is 36.1 Å². The Kier molecular flexibility index (Phi) is 5.74. The Morgan fingerprint density at radius 1 is 1.32 bits per heavy atom. The molecule has 19 heavy (non-hydrogen) atoms. The van der Waals surface area contributed by atoms with Gasteiger partial charge in [-0.2, -0.15) is 0 Å². The van der Waals surface area contributed by atoms with Crippen LogP contribution in [0.25, 0.3) is 0 Å². The molecule has 1 aromatic rings. The number of carbonyl (C=O) groups is 3. The normalized spacial score (nSPS) is 11.5. The van der Waals surface area contributed by atoms with Gasteiger partial charge in [-0.1, -0.05) is 0 Å². The molecule has 6 nitrogen and oxygen atoms in total. The molecule has 0 saturated heterocycles. The van der Waals surface area contributed by atoms with E-state index in [1.54, 1.807) is 24.3 Å². The molecule has 1 aromatic carbocycles. The molecule has 102 valence electrons. The molecule has 0 heterocycles. The number of hydrogen-bond acceptors (Lipinski definition) is 4. The molecular weight excluding hydrogens is 365 g/mol. The fourth-order valence-electron chi connectivity index (χ4n) is 1.29. The minimum absolute atomic E-state index is 0.330. The van der Waals surface area contributed by atoms with Gasteiger partial charge in [0.2, 0.25) is 0 Å². The van der Waals surface area contributed by atoms with Crippen LogP contribution in [0, 0.1) is 3.57 Å². The topological polar surface area (TPSA) is 92.7 Å². The number of esters is 1. The van der Waals surface area contributed by atoms with Crippen molar-refractivity contribution in [1.29, 1.82) is 0 Å². The SMILES string of the molecule is COC(=O)C[C@H](NC(=O)c1ccc(I)cc1)C(=O)O. The first kappa shape index (κ1) is 15.4. The Bertz CT molecular complexity index is 485. The van der Waals surface area contributed by atoms with Gasteiger partial charge in [-0.3, -0.25) is 9.59 Å². The van der Waals surface area contributed by atoms with E-state index < -0.39 is 30.3 Å². The van der Waals surface area contributed by atoms with E-state index in [0.717, 1.165) is 10.7 Å². The zero-order valence-corrected chi connectivity index (χ0v) is 12.2. The van der Waals surface area contributed by atoms with Crippen LogP contribution in [0.2, 0.25) is 0 Å². The van der Waals surface area contributed by atoms with Gasteiger partial charge in [-0.05, 0) is 46.9 Å². The fraction of sp³-hybridized carbons (Fsp3) is 0.250. The third kappa shape index (κ3) is 4.86. The summed E-state index contributed by atoms with van der Waals surface area (Å²) in [5.74, 6) is -2.53. The highest BCUT2D eigenvalue weighted by molar-refractivity contribution is 14.1. The summed E-state index contributed by atoms with van der Waals surface area (Å²) in [7, 11) is 1.15. The summed E-state index contributed by atoms with van der Waals surface area (Å²) in [6.45, 7) is 0. The van der Waals surface area contributed by atoms with Gasteiger partial charge < -0.3 is 15.2 Å². The van der Waals surface area contributed by atoms with Gasteiger partial charge in [-0.25, -0.2) is 4.79 Å². The number of ether oxygens (including phenoxy) is 1. The van der Waals surface area contributed by atoms with Crippen molar-refractivity contribution in [3.63, 3.8) is 0 Å². The second-order valence-electron chi connectivity index (χ2n) is 3.65. The molecule has 0 saturated carbocycles. The lowest BCUT2D eigenvalue weighted by atomic mass is 10.1. The van der Waals surface area contributed by atoms with Crippen LogP contribution in [0.4, 0.5) is 0 Å². The second-order valence-corrected chi connectivity index (χ2v) is 4.90. The van der Waals surface area contributed by atoms with Gasteiger partial charge >= 0.3 is 11.9 Å². The van der Waals surface area contributed by atoms with Crippen LogP contribution >= 0.6 is 22.6 Å². The van der Waals surface area contributed by atoms with Crippen molar-refractivity contribution in [2.75, 3.05) is 7.11 Å². The highest BCUT2D eigenvalue weighted by atomic mass is 127. The number of carbonyl (C=O) groups excluding carboxylic acids is 2.